The molecule has 0 spiro atoms. The predicted octanol–water partition coefficient (Wildman–Crippen LogP) is 3.32. The normalized spacial score (nSPS) is 13.0. The smallest absolute Gasteiger partial charge is 0.00550 e. The van der Waals surface area contributed by atoms with E-state index in [2.05, 4.69) is 82.7 Å². The average molecular weight is 323 g/mol. The highest BCUT2D eigenvalue weighted by Gasteiger charge is 2.22. The van der Waals surface area contributed by atoms with E-state index in [1.165, 1.54) is 0 Å². The molecule has 0 aliphatic carbocycles. The molecule has 0 bridgehead atoms. The minimum atomic E-state index is 0.123. The highest BCUT2D eigenvalue weighted by molar-refractivity contribution is 7.83. The predicted molar refractivity (Wildman–Crippen MR) is 94.8 cm³/mol. The molecular weight excluding hydrogens is 301 g/mol. The maximum Gasteiger partial charge on any atom is 0.00550 e. The monoisotopic (exact) mass is 322 g/mol. The molecule has 0 aliphatic heterocycles. The highest BCUT2D eigenvalue weighted by Crippen LogP contribution is 2.23. The first-order chi connectivity index (χ1) is 7.01. The quantitative estimate of drug-likeness (QED) is 0.397. The van der Waals surface area contributed by atoms with Crippen LogP contribution in [0.4, 0.5) is 0 Å². The third-order valence-electron chi connectivity index (χ3n) is 1.89. The lowest BCUT2D eigenvalue weighted by Gasteiger charge is -2.25. The van der Waals surface area contributed by atoms with Crippen LogP contribution in [0.3, 0.4) is 0 Å². The number of hydrogen-bond acceptors (Lipinski definition) is 6. The van der Waals surface area contributed by atoms with Gasteiger partial charge in [-0.15, -0.1) is 0 Å². The van der Waals surface area contributed by atoms with Gasteiger partial charge in [-0.1, -0.05) is 6.92 Å². The molecule has 0 aromatic heterocycles. The first-order valence-electron chi connectivity index (χ1n) is 4.74. The highest BCUT2D eigenvalue weighted by atomic mass is 32.1. The summed E-state index contributed by atoms with van der Waals surface area (Å²) in [6.45, 7) is 2.07. The summed E-state index contributed by atoms with van der Waals surface area (Å²) in [5.74, 6) is 4.19. The molecular formula is C9H22S6. The van der Waals surface area contributed by atoms with Gasteiger partial charge < -0.3 is 0 Å². The zero-order valence-electron chi connectivity index (χ0n) is 9.00. The largest absolute Gasteiger partial charge is 0.179 e. The summed E-state index contributed by atoms with van der Waals surface area (Å²) in [6, 6.07) is 0. The lowest BCUT2D eigenvalue weighted by Crippen LogP contribution is -2.29. The Bertz CT molecular complexity index is 106. The van der Waals surface area contributed by atoms with Crippen molar-refractivity contribution in [3.05, 3.63) is 0 Å². The molecule has 1 atom stereocenters. The number of thiol groups is 6. The zero-order valence-corrected chi connectivity index (χ0v) is 14.4. The summed E-state index contributed by atoms with van der Waals surface area (Å²) >= 11 is 24.9. The average Bonchev–Trinajstić information content (AvgIpc) is 2.23. The van der Waals surface area contributed by atoms with Gasteiger partial charge in [0, 0.05) is 5.41 Å². The zero-order chi connectivity index (χ0) is 12.3. The summed E-state index contributed by atoms with van der Waals surface area (Å²) in [5, 5.41) is 0.516. The molecule has 0 rings (SSSR count). The van der Waals surface area contributed by atoms with Gasteiger partial charge >= 0.3 is 0 Å². The fourth-order valence-electron chi connectivity index (χ4n) is 0.487. The van der Waals surface area contributed by atoms with Gasteiger partial charge in [0.25, 0.3) is 0 Å². The van der Waals surface area contributed by atoms with E-state index in [-0.39, 0.29) is 5.41 Å². The Kier molecular flexibility index (Phi) is 16.3. The van der Waals surface area contributed by atoms with Crippen LogP contribution in [0.2, 0.25) is 0 Å². The van der Waals surface area contributed by atoms with E-state index >= 15 is 0 Å². The van der Waals surface area contributed by atoms with Crippen LogP contribution < -0.4 is 0 Å². The number of rotatable bonds is 6. The van der Waals surface area contributed by atoms with Crippen LogP contribution in [-0.4, -0.2) is 34.0 Å². The van der Waals surface area contributed by atoms with Crippen molar-refractivity contribution in [3.63, 3.8) is 0 Å². The Labute approximate surface area is 128 Å². The van der Waals surface area contributed by atoms with Crippen LogP contribution in [0, 0.1) is 5.41 Å². The summed E-state index contributed by atoms with van der Waals surface area (Å²) in [7, 11) is 0. The van der Waals surface area contributed by atoms with E-state index in [1.54, 1.807) is 0 Å². The fourth-order valence-corrected chi connectivity index (χ4v) is 3.61. The van der Waals surface area contributed by atoms with Gasteiger partial charge in [0.1, 0.15) is 0 Å². The molecule has 0 saturated heterocycles. The van der Waals surface area contributed by atoms with Crippen LogP contribution in [0.15, 0.2) is 0 Å². The molecule has 0 aliphatic rings. The van der Waals surface area contributed by atoms with E-state index in [4.69, 9.17) is 0 Å². The molecule has 1 unspecified atom stereocenters. The van der Waals surface area contributed by atoms with Gasteiger partial charge in [-0.3, -0.25) is 0 Å². The van der Waals surface area contributed by atoms with Crippen molar-refractivity contribution in [1.82, 2.24) is 0 Å². The minimum Gasteiger partial charge on any atom is -0.179 e. The van der Waals surface area contributed by atoms with Crippen molar-refractivity contribution < 1.29 is 0 Å². The van der Waals surface area contributed by atoms with Crippen LogP contribution in [0.5, 0.6) is 0 Å². The molecule has 0 nitrogen and oxygen atoms in total. The molecule has 0 amide bonds. The molecule has 0 heterocycles. The topological polar surface area (TPSA) is 0 Å². The van der Waals surface area contributed by atoms with E-state index < -0.39 is 0 Å². The van der Waals surface area contributed by atoms with Crippen molar-refractivity contribution in [2.75, 3.05) is 28.8 Å². The Balaban J connectivity index is 0. The van der Waals surface area contributed by atoms with Crippen molar-refractivity contribution >= 4 is 75.8 Å². The van der Waals surface area contributed by atoms with Gasteiger partial charge in [0.05, 0.1) is 0 Å². The molecule has 0 fully saturated rings. The Morgan fingerprint density at radius 1 is 0.867 bits per heavy atom. The van der Waals surface area contributed by atoms with Crippen molar-refractivity contribution in [1.29, 1.82) is 0 Å². The Hall–Kier alpha value is 2.10. The van der Waals surface area contributed by atoms with Gasteiger partial charge in [-0.2, -0.15) is 75.8 Å². The van der Waals surface area contributed by atoms with Crippen LogP contribution in [-0.2, 0) is 0 Å². The second kappa shape index (κ2) is 12.6. The molecule has 0 saturated carbocycles. The van der Waals surface area contributed by atoms with Crippen molar-refractivity contribution in [3.8, 4) is 0 Å². The maximum atomic E-state index is 4.19. The van der Waals surface area contributed by atoms with E-state index in [1.807, 2.05) is 0 Å². The van der Waals surface area contributed by atoms with E-state index in [0.29, 0.717) is 5.25 Å². The summed E-state index contributed by atoms with van der Waals surface area (Å²) in [5.41, 5.74) is 0.123. The molecule has 0 N–H and O–H groups in total. The Morgan fingerprint density at radius 2 is 1.20 bits per heavy atom. The first-order valence-corrected chi connectivity index (χ1v) is 8.42. The Morgan fingerprint density at radius 3 is 1.20 bits per heavy atom. The van der Waals surface area contributed by atoms with Crippen molar-refractivity contribution in [2.45, 2.75) is 18.6 Å². The van der Waals surface area contributed by atoms with E-state index in [0.717, 1.165) is 35.2 Å². The molecule has 0 radical (unpaired) electrons. The lowest BCUT2D eigenvalue weighted by molar-refractivity contribution is 0.522. The second-order valence-electron chi connectivity index (χ2n) is 3.49. The fraction of sp³-hybridized carbons (Fsp3) is 1.00. The van der Waals surface area contributed by atoms with Crippen molar-refractivity contribution in [2.24, 2.45) is 5.41 Å². The van der Waals surface area contributed by atoms with E-state index in [9.17, 15) is 0 Å². The van der Waals surface area contributed by atoms with Crippen LogP contribution in [0.25, 0.3) is 0 Å². The lowest BCUT2D eigenvalue weighted by atomic mass is 9.99. The molecule has 0 aromatic rings. The summed E-state index contributed by atoms with van der Waals surface area (Å²) < 4.78 is 0. The van der Waals surface area contributed by atoms with Gasteiger partial charge in [-0.05, 0) is 40.4 Å². The van der Waals surface area contributed by atoms with Gasteiger partial charge in [-0.25, -0.2) is 0 Å². The van der Waals surface area contributed by atoms with Crippen LogP contribution >= 0.6 is 75.8 Å². The maximum absolute atomic E-state index is 4.19. The molecule has 15 heavy (non-hydrogen) atoms. The summed E-state index contributed by atoms with van der Waals surface area (Å²) in [6.07, 6.45) is 1.10. The molecule has 0 aromatic carbocycles. The summed E-state index contributed by atoms with van der Waals surface area (Å²) in [4.78, 5) is 0. The number of hydrogen-bond donors (Lipinski definition) is 6. The first kappa shape index (κ1) is 19.4. The molecule has 94 valence electrons. The third kappa shape index (κ3) is 10.9. The second-order valence-corrected chi connectivity index (χ2v) is 6.09. The minimum absolute atomic E-state index is 0.123. The SMILES string of the molecule is CC(S)CCS.SCC(CS)(CS)CS. The van der Waals surface area contributed by atoms with Gasteiger partial charge in [0.2, 0.25) is 0 Å². The van der Waals surface area contributed by atoms with Gasteiger partial charge in [0.15, 0.2) is 0 Å². The molecule has 6 heteroatoms. The standard InChI is InChI=1S/C5H12S4.C4H10S2/c6-1-5(2-7,3-8)4-9;1-4(6)2-3-5/h6-9H,1-4H2;4-6H,2-3H2,1H3. The van der Waals surface area contributed by atoms with Crippen LogP contribution in [0.1, 0.15) is 13.3 Å². The third-order valence-corrected chi connectivity index (χ3v) is 5.09.